The maximum atomic E-state index is 2.82. The molecule has 0 radical (unpaired) electrons. The largest absolute Gasteiger partial charge is 1.00 e. The van der Waals surface area contributed by atoms with Crippen LogP contribution in [0.2, 0.25) is 3.12 Å². The van der Waals surface area contributed by atoms with E-state index in [1.807, 2.05) is 5.57 Å². The van der Waals surface area contributed by atoms with Gasteiger partial charge in [0.2, 0.25) is 0 Å². The smallest absolute Gasteiger partial charge is 1.00 e. The number of hydrogen-bond donors (Lipinski definition) is 0. The standard InChI is InChI=1S/C29H37.C15H14.C5H5.2ClH.Zr/c1-18-25-22-17-19-13-9-10-14-20(19)24(22)21-15-11-12-16-23(21)29(25,8)28(6,7)27(4,5)26(18,2)3;1-12-3-7-14(8-4-12)11-15-9-5-13(2)6-10-15;1-2-4-5-3-1;;;/h9-11,13-15,23H,12,16-17H2,1-8H3;3-10H,1-2H3;1-3H,4H2;2*1H;/q;;;;;+2/p-2. The maximum Gasteiger partial charge on any atom is -1.00 e. The van der Waals surface area contributed by atoms with Gasteiger partial charge < -0.3 is 24.8 Å². The Morgan fingerprint density at radius 1 is 0.692 bits per heavy atom. The van der Waals surface area contributed by atoms with E-state index in [1.54, 1.807) is 23.2 Å². The third kappa shape index (κ3) is 5.11. The number of benzene rings is 3. The molecule has 1 fully saturated rings. The van der Waals surface area contributed by atoms with Crippen molar-refractivity contribution in [3.8, 4) is 0 Å². The summed E-state index contributed by atoms with van der Waals surface area (Å²) >= 11 is -3.00. The first-order valence-corrected chi connectivity index (χ1v) is 22.8. The summed E-state index contributed by atoms with van der Waals surface area (Å²) in [4.78, 5) is 0. The number of hydrogen-bond acceptors (Lipinski definition) is 0. The first-order chi connectivity index (χ1) is 23.7. The average Bonchev–Trinajstić information content (AvgIpc) is 3.76. The number of aryl methyl sites for hydroxylation is 2. The van der Waals surface area contributed by atoms with Crippen molar-refractivity contribution in [3.63, 3.8) is 0 Å². The zero-order valence-corrected chi connectivity index (χ0v) is 36.9. The molecule has 3 atom stereocenters. The minimum atomic E-state index is -3.00. The molecule has 0 nitrogen and oxygen atoms in total. The van der Waals surface area contributed by atoms with Crippen LogP contribution >= 0.6 is 0 Å². The fourth-order valence-electron chi connectivity index (χ4n) is 11.6. The molecule has 0 spiro atoms. The molecule has 0 aliphatic heterocycles. The third-order valence-corrected chi connectivity index (χ3v) is 25.5. The van der Waals surface area contributed by atoms with Gasteiger partial charge in [0.15, 0.2) is 0 Å². The van der Waals surface area contributed by atoms with Gasteiger partial charge in [-0.3, -0.25) is 0 Å². The van der Waals surface area contributed by atoms with Crippen LogP contribution in [-0.4, -0.2) is 3.21 Å². The molecule has 0 heterocycles. The van der Waals surface area contributed by atoms with E-state index in [2.05, 4.69) is 172 Å². The number of allylic oxidation sites excluding steroid dienone is 10. The van der Waals surface area contributed by atoms with Gasteiger partial charge in [0.1, 0.15) is 0 Å². The van der Waals surface area contributed by atoms with Crippen LogP contribution in [0.3, 0.4) is 0 Å². The van der Waals surface area contributed by atoms with Gasteiger partial charge in [-0.1, -0.05) is 0 Å². The summed E-state index contributed by atoms with van der Waals surface area (Å²) in [7, 11) is 0. The molecular formula is C49H56Cl2Zr. The zero-order valence-electron chi connectivity index (χ0n) is 33.0. The Labute approximate surface area is 334 Å². The van der Waals surface area contributed by atoms with Crippen molar-refractivity contribution in [2.45, 2.75) is 98.0 Å². The van der Waals surface area contributed by atoms with Gasteiger partial charge in [0.05, 0.1) is 0 Å². The van der Waals surface area contributed by atoms with Crippen LogP contribution in [-0.2, 0) is 27.7 Å². The topological polar surface area (TPSA) is 0 Å². The van der Waals surface area contributed by atoms with E-state index in [4.69, 9.17) is 0 Å². The monoisotopic (exact) mass is 804 g/mol. The molecule has 5 aliphatic carbocycles. The Morgan fingerprint density at radius 3 is 1.87 bits per heavy atom. The molecular weight excluding hydrogens is 751 g/mol. The summed E-state index contributed by atoms with van der Waals surface area (Å²) in [6.07, 6.45) is 17.0. The van der Waals surface area contributed by atoms with E-state index >= 15 is 0 Å². The molecule has 0 aromatic heterocycles. The minimum Gasteiger partial charge on any atom is -1.00 e. The van der Waals surface area contributed by atoms with Crippen LogP contribution in [0.4, 0.5) is 0 Å². The van der Waals surface area contributed by atoms with E-state index in [0.717, 1.165) is 12.8 Å². The molecule has 0 bridgehead atoms. The first-order valence-electron chi connectivity index (χ1n) is 19.2. The Morgan fingerprint density at radius 2 is 1.29 bits per heavy atom. The van der Waals surface area contributed by atoms with E-state index in [0.29, 0.717) is 5.92 Å². The summed E-state index contributed by atoms with van der Waals surface area (Å²) < 4.78 is 3.42. The van der Waals surface area contributed by atoms with Crippen molar-refractivity contribution in [1.82, 2.24) is 0 Å². The average molecular weight is 807 g/mol. The van der Waals surface area contributed by atoms with E-state index < -0.39 is 21.3 Å². The van der Waals surface area contributed by atoms with Crippen molar-refractivity contribution in [1.29, 1.82) is 0 Å². The molecule has 3 unspecified atom stereocenters. The minimum absolute atomic E-state index is 0. The summed E-state index contributed by atoms with van der Waals surface area (Å²) in [5.74, 6) is 0.500. The van der Waals surface area contributed by atoms with Gasteiger partial charge in [-0.15, -0.1) is 0 Å². The Balaban J connectivity index is 0.00000232. The molecule has 270 valence electrons. The first kappa shape index (κ1) is 39.4. The summed E-state index contributed by atoms with van der Waals surface area (Å²) in [6.45, 7) is 26.1. The van der Waals surface area contributed by atoms with Crippen LogP contribution < -0.4 is 24.8 Å². The molecule has 3 aromatic carbocycles. The second kappa shape index (κ2) is 13.5. The fourth-order valence-corrected chi connectivity index (χ4v) is 22.8. The molecule has 3 heteroatoms. The molecule has 1 saturated carbocycles. The normalized spacial score (nSPS) is 26.9. The van der Waals surface area contributed by atoms with E-state index in [1.165, 1.54) is 46.2 Å². The van der Waals surface area contributed by atoms with Crippen molar-refractivity contribution >= 4 is 8.78 Å². The quantitative estimate of drug-likeness (QED) is 0.269. The fraction of sp³-hybridized carbons (Fsp3) is 0.408. The molecule has 3 aromatic rings. The van der Waals surface area contributed by atoms with Crippen LogP contribution in [0.5, 0.6) is 0 Å². The Kier molecular flexibility index (Phi) is 10.2. The molecule has 0 amide bonds. The second-order valence-electron chi connectivity index (χ2n) is 18.1. The SMILES string of the molecule is Cc1ccc([C](c2ccc(C)cc2)=[Zr+2]([C]2=CC=CC2)[C]2(C)C3=C4Cc5ccccc5C4=C4C=CCCC4C3(C)C(C)(C)C(C)(C)C2(C)C)cc1.[Cl-].[Cl-]. The van der Waals surface area contributed by atoms with Crippen molar-refractivity contribution in [2.24, 2.45) is 27.6 Å². The Hall–Kier alpha value is -2.31. The second-order valence-corrected chi connectivity index (χ2v) is 25.2. The van der Waals surface area contributed by atoms with Crippen LogP contribution in [0, 0.1) is 41.4 Å². The number of halogens is 2. The Bertz CT molecular complexity index is 2060. The van der Waals surface area contributed by atoms with Gasteiger partial charge >= 0.3 is 312 Å². The molecule has 0 N–H and O–H groups in total. The van der Waals surface area contributed by atoms with Gasteiger partial charge in [0, 0.05) is 0 Å². The van der Waals surface area contributed by atoms with Gasteiger partial charge in [-0.25, -0.2) is 0 Å². The summed E-state index contributed by atoms with van der Waals surface area (Å²) in [5.41, 5.74) is 15.4. The summed E-state index contributed by atoms with van der Waals surface area (Å²) in [6, 6.07) is 28.7. The van der Waals surface area contributed by atoms with Gasteiger partial charge in [-0.2, -0.15) is 0 Å². The predicted molar refractivity (Wildman–Crippen MR) is 211 cm³/mol. The third-order valence-electron chi connectivity index (χ3n) is 15.8. The molecule has 5 aliphatic rings. The molecule has 8 rings (SSSR count). The van der Waals surface area contributed by atoms with Gasteiger partial charge in [0.25, 0.3) is 0 Å². The number of fused-ring (bicyclic) bond motifs is 6. The molecule has 0 saturated heterocycles. The van der Waals surface area contributed by atoms with Crippen molar-refractivity contribution in [2.75, 3.05) is 0 Å². The number of rotatable bonds is 4. The zero-order chi connectivity index (χ0) is 35.4. The summed E-state index contributed by atoms with van der Waals surface area (Å²) in [5, 5.41) is 0. The van der Waals surface area contributed by atoms with E-state index in [-0.39, 0.29) is 49.6 Å². The van der Waals surface area contributed by atoms with Crippen molar-refractivity contribution < 1.29 is 46.1 Å². The van der Waals surface area contributed by atoms with Crippen LogP contribution in [0.25, 0.3) is 5.57 Å². The van der Waals surface area contributed by atoms with Gasteiger partial charge in [-0.05, 0) is 0 Å². The maximum absolute atomic E-state index is 3.00. The van der Waals surface area contributed by atoms with Crippen molar-refractivity contribution in [3.05, 3.63) is 157 Å². The predicted octanol–water partition coefficient (Wildman–Crippen LogP) is 6.91. The van der Waals surface area contributed by atoms with E-state index in [9.17, 15) is 0 Å². The van der Waals surface area contributed by atoms with Crippen LogP contribution in [0.15, 0.2) is 123 Å². The molecule has 52 heavy (non-hydrogen) atoms. The van der Waals surface area contributed by atoms with Crippen LogP contribution in [0.1, 0.15) is 108 Å².